The Morgan fingerprint density at radius 3 is 2.50 bits per heavy atom. The van der Waals surface area contributed by atoms with Gasteiger partial charge >= 0.3 is 0 Å². The molecule has 0 amide bonds. The summed E-state index contributed by atoms with van der Waals surface area (Å²) in [5.41, 5.74) is 5.99. The van der Waals surface area contributed by atoms with Crippen LogP contribution in [0.15, 0.2) is 0 Å². The van der Waals surface area contributed by atoms with E-state index in [0.29, 0.717) is 6.04 Å². The Kier molecular flexibility index (Phi) is 6.15. The molecule has 1 fully saturated rings. The van der Waals surface area contributed by atoms with Crippen LogP contribution >= 0.6 is 0 Å². The van der Waals surface area contributed by atoms with Gasteiger partial charge in [0.25, 0.3) is 0 Å². The molecule has 1 atom stereocenters. The Labute approximate surface area is 87.8 Å². The Morgan fingerprint density at radius 1 is 1.14 bits per heavy atom. The maximum Gasteiger partial charge on any atom is 0.101 e. The second kappa shape index (κ2) is 7.21. The van der Waals surface area contributed by atoms with Crippen molar-refractivity contribution in [1.82, 2.24) is 10.6 Å². The van der Waals surface area contributed by atoms with Gasteiger partial charge in [-0.1, -0.05) is 13.3 Å². The first-order valence-electron chi connectivity index (χ1n) is 5.92. The molecule has 1 unspecified atom stereocenters. The van der Waals surface area contributed by atoms with Gasteiger partial charge in [-0.3, -0.25) is 10.6 Å². The second-order valence-corrected chi connectivity index (χ2v) is 4.08. The summed E-state index contributed by atoms with van der Waals surface area (Å²) in [5.74, 6) is 0. The van der Waals surface area contributed by atoms with Crippen LogP contribution in [0.3, 0.4) is 0 Å². The predicted molar refractivity (Wildman–Crippen MR) is 60.6 cm³/mol. The number of hydrogen-bond donors (Lipinski definition) is 3. The zero-order valence-electron chi connectivity index (χ0n) is 9.31. The molecule has 1 aliphatic rings. The molecule has 3 heteroatoms. The van der Waals surface area contributed by atoms with E-state index in [9.17, 15) is 0 Å². The first-order valence-corrected chi connectivity index (χ1v) is 5.92. The van der Waals surface area contributed by atoms with Crippen molar-refractivity contribution in [1.29, 1.82) is 0 Å². The fraction of sp³-hybridized carbons (Fsp3) is 0.909. The fourth-order valence-electron chi connectivity index (χ4n) is 1.83. The van der Waals surface area contributed by atoms with E-state index in [1.165, 1.54) is 31.8 Å². The number of nitrogens with two attached hydrogens (primary N) is 1. The van der Waals surface area contributed by atoms with Gasteiger partial charge in [-0.2, -0.15) is 0 Å². The Morgan fingerprint density at radius 2 is 1.79 bits per heavy atom. The van der Waals surface area contributed by atoms with Crippen LogP contribution in [-0.2, 0) is 0 Å². The van der Waals surface area contributed by atoms with Crippen LogP contribution in [-0.4, -0.2) is 19.1 Å². The molecule has 14 heavy (non-hydrogen) atoms. The highest BCUT2D eigenvalue weighted by Crippen LogP contribution is 2.07. The first-order chi connectivity index (χ1) is 6.83. The summed E-state index contributed by atoms with van der Waals surface area (Å²) in [6.07, 6.45) is 8.38. The zero-order chi connectivity index (χ0) is 10.2. The van der Waals surface area contributed by atoms with E-state index in [2.05, 4.69) is 17.6 Å². The summed E-state index contributed by atoms with van der Waals surface area (Å²) in [6.45, 7) is 4.33. The Balaban J connectivity index is 2.26. The molecule has 0 aromatic carbocycles. The highest BCUT2D eigenvalue weighted by Gasteiger charge is 2.08. The van der Waals surface area contributed by atoms with Gasteiger partial charge in [0.2, 0.25) is 0 Å². The second-order valence-electron chi connectivity index (χ2n) is 4.08. The van der Waals surface area contributed by atoms with E-state index < -0.39 is 0 Å². The van der Waals surface area contributed by atoms with E-state index in [0.717, 1.165) is 25.9 Å². The summed E-state index contributed by atoms with van der Waals surface area (Å²) in [6, 6.07) is 0.417. The lowest BCUT2D eigenvalue weighted by Crippen LogP contribution is -2.34. The van der Waals surface area contributed by atoms with Gasteiger partial charge in [-0.05, 0) is 45.2 Å². The molecule has 0 bridgehead atoms. The normalized spacial score (nSPS) is 28.3. The van der Waals surface area contributed by atoms with Crippen molar-refractivity contribution in [2.75, 3.05) is 13.1 Å². The van der Waals surface area contributed by atoms with Crippen LogP contribution in [0.25, 0.3) is 0 Å². The summed E-state index contributed by atoms with van der Waals surface area (Å²) in [7, 11) is 0. The van der Waals surface area contributed by atoms with E-state index in [4.69, 9.17) is 5.73 Å². The Hall–Kier alpha value is -0.120. The van der Waals surface area contributed by atoms with Crippen LogP contribution in [0, 0.1) is 6.17 Å². The molecule has 1 heterocycles. The summed E-state index contributed by atoms with van der Waals surface area (Å²) < 4.78 is 0. The van der Waals surface area contributed by atoms with Crippen LogP contribution in [0.1, 0.15) is 45.4 Å². The van der Waals surface area contributed by atoms with Crippen molar-refractivity contribution in [3.63, 3.8) is 0 Å². The molecule has 0 saturated carbocycles. The third-order valence-corrected chi connectivity index (χ3v) is 2.78. The topological polar surface area (TPSA) is 50.1 Å². The third kappa shape index (κ3) is 4.94. The smallest absolute Gasteiger partial charge is 0.101 e. The Bertz CT molecular complexity index is 138. The molecule has 4 N–H and O–H groups in total. The van der Waals surface area contributed by atoms with Crippen molar-refractivity contribution in [3.05, 3.63) is 6.17 Å². The van der Waals surface area contributed by atoms with Crippen LogP contribution < -0.4 is 16.4 Å². The minimum atomic E-state index is 0.417. The molecule has 3 nitrogen and oxygen atoms in total. The molecular weight excluding hydrogens is 174 g/mol. The van der Waals surface area contributed by atoms with E-state index in [1.54, 1.807) is 0 Å². The molecule has 0 aromatic rings. The van der Waals surface area contributed by atoms with Crippen LogP contribution in [0.2, 0.25) is 0 Å². The highest BCUT2D eigenvalue weighted by atomic mass is 15.1. The molecule has 0 spiro atoms. The molecule has 1 radical (unpaired) electrons. The van der Waals surface area contributed by atoms with E-state index in [1.807, 2.05) is 0 Å². The van der Waals surface area contributed by atoms with E-state index >= 15 is 0 Å². The van der Waals surface area contributed by atoms with Crippen molar-refractivity contribution >= 4 is 0 Å². The molecule has 83 valence electrons. The number of nitrogens with one attached hydrogen (secondary N) is 2. The van der Waals surface area contributed by atoms with Crippen LogP contribution in [0.5, 0.6) is 0 Å². The number of hydrogen-bond acceptors (Lipinski definition) is 3. The summed E-state index contributed by atoms with van der Waals surface area (Å²) >= 11 is 0. The fourth-order valence-corrected chi connectivity index (χ4v) is 1.83. The van der Waals surface area contributed by atoms with Gasteiger partial charge in [-0.15, -0.1) is 0 Å². The molecule has 1 aliphatic heterocycles. The molecular formula is C11H24N3. The van der Waals surface area contributed by atoms with E-state index in [-0.39, 0.29) is 0 Å². The van der Waals surface area contributed by atoms with Gasteiger partial charge in [0.05, 0.1) is 0 Å². The van der Waals surface area contributed by atoms with Crippen LogP contribution in [0.4, 0.5) is 0 Å². The predicted octanol–water partition coefficient (Wildman–Crippen LogP) is 1.36. The largest absolute Gasteiger partial charge is 0.328 e. The third-order valence-electron chi connectivity index (χ3n) is 2.78. The number of rotatable bonds is 1. The standard InChI is InChI=1S/C11H24N3/c1-2-11-13-8-4-3-6-10(12)7-5-9-14-11/h10,13-14H,2-9,12H2,1H3. The summed E-state index contributed by atoms with van der Waals surface area (Å²) in [5, 5.41) is 6.88. The lowest BCUT2D eigenvalue weighted by Gasteiger charge is -2.16. The lowest BCUT2D eigenvalue weighted by molar-refractivity contribution is 0.515. The maximum absolute atomic E-state index is 5.99. The van der Waals surface area contributed by atoms with Crippen molar-refractivity contribution in [3.8, 4) is 0 Å². The van der Waals surface area contributed by atoms with Gasteiger partial charge in [0, 0.05) is 6.04 Å². The van der Waals surface area contributed by atoms with Crippen molar-refractivity contribution < 1.29 is 0 Å². The first kappa shape index (κ1) is 12.0. The minimum absolute atomic E-state index is 0.417. The molecule has 1 rings (SSSR count). The molecule has 1 saturated heterocycles. The summed E-state index contributed by atoms with van der Waals surface area (Å²) in [4.78, 5) is 0. The average molecular weight is 198 g/mol. The molecule has 0 aromatic heterocycles. The van der Waals surface area contributed by atoms with Gasteiger partial charge in [-0.25, -0.2) is 0 Å². The van der Waals surface area contributed by atoms with Gasteiger partial charge < -0.3 is 5.73 Å². The zero-order valence-corrected chi connectivity index (χ0v) is 9.31. The van der Waals surface area contributed by atoms with Gasteiger partial charge in [0.15, 0.2) is 0 Å². The maximum atomic E-state index is 5.99. The molecule has 0 aliphatic carbocycles. The highest BCUT2D eigenvalue weighted by molar-refractivity contribution is 4.82. The van der Waals surface area contributed by atoms with Gasteiger partial charge in [0.1, 0.15) is 6.17 Å². The van der Waals surface area contributed by atoms with Crippen molar-refractivity contribution in [2.24, 2.45) is 5.73 Å². The van der Waals surface area contributed by atoms with Crippen molar-refractivity contribution in [2.45, 2.75) is 51.5 Å². The average Bonchev–Trinajstić information content (AvgIpc) is 2.23. The quantitative estimate of drug-likeness (QED) is 0.596. The monoisotopic (exact) mass is 198 g/mol. The minimum Gasteiger partial charge on any atom is -0.328 e. The SMILES string of the molecule is CC[C]1NCCCCC(N)CCCN1. The lowest BCUT2D eigenvalue weighted by atomic mass is 10.1.